The summed E-state index contributed by atoms with van der Waals surface area (Å²) < 4.78 is 1.86. The Hall–Kier alpha value is -3.83. The fourth-order valence-electron chi connectivity index (χ4n) is 5.30. The maximum atomic E-state index is 13.3. The van der Waals surface area contributed by atoms with E-state index in [2.05, 4.69) is 27.2 Å². The molecular formula is C28H28BN7O2S. The van der Waals surface area contributed by atoms with Gasteiger partial charge in [0.1, 0.15) is 7.85 Å². The summed E-state index contributed by atoms with van der Waals surface area (Å²) in [5.41, 5.74) is 6.40. The van der Waals surface area contributed by atoms with Gasteiger partial charge in [0.15, 0.2) is 5.13 Å². The number of hydrogen-bond donors (Lipinski definition) is 1. The molecular weight excluding hydrogens is 509 g/mol. The molecule has 1 aliphatic carbocycles. The van der Waals surface area contributed by atoms with Crippen LogP contribution in [0.4, 0.5) is 5.13 Å². The highest BCUT2D eigenvalue weighted by molar-refractivity contribution is 7.19. The number of likely N-dealkylation sites (N-methyl/N-ethyl adjacent to an activating group) is 1. The number of nitrogens with zero attached hydrogens (tertiary/aromatic N) is 6. The molecule has 2 radical (unpaired) electrons. The van der Waals surface area contributed by atoms with Gasteiger partial charge in [0.25, 0.3) is 5.91 Å². The first-order valence-corrected chi connectivity index (χ1v) is 13.9. The van der Waals surface area contributed by atoms with E-state index in [1.54, 1.807) is 12.3 Å². The molecule has 1 N–H and O–H groups in total. The van der Waals surface area contributed by atoms with Crippen LogP contribution in [0.25, 0.3) is 27.5 Å². The van der Waals surface area contributed by atoms with Gasteiger partial charge in [-0.3, -0.25) is 14.6 Å². The highest BCUT2D eigenvalue weighted by Gasteiger charge is 2.30. The van der Waals surface area contributed by atoms with Crippen molar-refractivity contribution in [1.82, 2.24) is 29.5 Å². The molecule has 4 heterocycles. The van der Waals surface area contributed by atoms with Crippen molar-refractivity contribution in [3.05, 3.63) is 59.5 Å². The van der Waals surface area contributed by atoms with Crippen LogP contribution in [-0.4, -0.2) is 82.4 Å². The van der Waals surface area contributed by atoms with Crippen LogP contribution in [0.15, 0.2) is 42.7 Å². The Morgan fingerprint density at radius 2 is 1.97 bits per heavy atom. The fourth-order valence-corrected chi connectivity index (χ4v) is 6.41. The molecule has 6 rings (SSSR count). The zero-order valence-corrected chi connectivity index (χ0v) is 22.8. The van der Waals surface area contributed by atoms with E-state index in [0.717, 1.165) is 72.0 Å². The van der Waals surface area contributed by atoms with E-state index in [9.17, 15) is 9.59 Å². The fraction of sp³-hybridized carbons (Fsp3) is 0.321. The number of anilines is 1. The predicted octanol–water partition coefficient (Wildman–Crippen LogP) is 2.69. The first-order valence-electron chi connectivity index (χ1n) is 13.1. The van der Waals surface area contributed by atoms with Crippen LogP contribution >= 0.6 is 11.3 Å². The van der Waals surface area contributed by atoms with Gasteiger partial charge < -0.3 is 15.1 Å². The molecule has 2 aliphatic rings. The lowest BCUT2D eigenvalue weighted by atomic mass is 9.91. The van der Waals surface area contributed by atoms with Gasteiger partial charge in [0, 0.05) is 55.6 Å². The van der Waals surface area contributed by atoms with Crippen molar-refractivity contribution in [3.63, 3.8) is 0 Å². The molecule has 0 unspecified atom stereocenters. The smallest absolute Gasteiger partial charge is 0.253 e. The number of fused-ring (bicyclic) bond motifs is 3. The highest BCUT2D eigenvalue weighted by atomic mass is 32.1. The summed E-state index contributed by atoms with van der Waals surface area (Å²) in [5.74, 6) is -0.168. The van der Waals surface area contributed by atoms with Gasteiger partial charge in [-0.25, -0.2) is 9.67 Å². The molecule has 4 aromatic rings. The third-order valence-corrected chi connectivity index (χ3v) is 8.25. The van der Waals surface area contributed by atoms with Crippen LogP contribution < -0.4 is 10.8 Å². The van der Waals surface area contributed by atoms with E-state index in [1.165, 1.54) is 18.3 Å². The standard InChI is InChI=1S/C28H28BN7O2S/c1-17(37)31-28-32-22-8-7-20-24(19-5-3-10-30-16-19)33-36(25(20)26(22)39-28)23-9-6-18(15-21(23)29)27(38)35-12-4-11-34(2)13-14-35/h3,5-6,9-10,15-16H,4,7-8,11-14H2,1-2H3,(H,31,32,37). The molecule has 0 atom stereocenters. The Balaban J connectivity index is 1.43. The van der Waals surface area contributed by atoms with Crippen LogP contribution in [-0.2, 0) is 17.6 Å². The molecule has 1 fully saturated rings. The second-order valence-electron chi connectivity index (χ2n) is 10.0. The normalized spacial score (nSPS) is 15.4. The number of nitrogens with one attached hydrogen (secondary N) is 1. The third-order valence-electron chi connectivity index (χ3n) is 7.24. The van der Waals surface area contributed by atoms with Gasteiger partial charge in [0.05, 0.1) is 27.6 Å². The molecule has 3 aromatic heterocycles. The first kappa shape index (κ1) is 25.5. The van der Waals surface area contributed by atoms with Crippen LogP contribution in [0.1, 0.15) is 35.0 Å². The molecule has 39 heavy (non-hydrogen) atoms. The predicted molar refractivity (Wildman–Crippen MR) is 153 cm³/mol. The van der Waals surface area contributed by atoms with Crippen molar-refractivity contribution in [2.24, 2.45) is 0 Å². The Morgan fingerprint density at radius 3 is 2.74 bits per heavy atom. The van der Waals surface area contributed by atoms with Crippen molar-refractivity contribution in [2.75, 3.05) is 38.5 Å². The van der Waals surface area contributed by atoms with Crippen LogP contribution in [0, 0.1) is 0 Å². The lowest BCUT2D eigenvalue weighted by molar-refractivity contribution is -0.114. The monoisotopic (exact) mass is 537 g/mol. The van der Waals surface area contributed by atoms with Crippen molar-refractivity contribution < 1.29 is 9.59 Å². The number of aromatic nitrogens is 4. The van der Waals surface area contributed by atoms with E-state index in [4.69, 9.17) is 12.9 Å². The Morgan fingerprint density at radius 1 is 1.10 bits per heavy atom. The summed E-state index contributed by atoms with van der Waals surface area (Å²) in [6.07, 6.45) is 5.98. The maximum absolute atomic E-state index is 13.3. The van der Waals surface area contributed by atoms with Crippen LogP contribution in [0.3, 0.4) is 0 Å². The van der Waals surface area contributed by atoms with E-state index >= 15 is 0 Å². The molecule has 0 saturated carbocycles. The topological polar surface area (TPSA) is 96.3 Å². The van der Waals surface area contributed by atoms with Crippen LogP contribution in [0.2, 0.25) is 0 Å². The van der Waals surface area contributed by atoms with Gasteiger partial charge in [-0.1, -0.05) is 22.9 Å². The van der Waals surface area contributed by atoms with Crippen LogP contribution in [0.5, 0.6) is 0 Å². The number of rotatable bonds is 4. The molecule has 9 nitrogen and oxygen atoms in total. The van der Waals surface area contributed by atoms with E-state index in [1.807, 2.05) is 40.0 Å². The number of pyridine rings is 1. The number of carbonyl (C=O) groups excluding carboxylic acids is 2. The minimum absolute atomic E-state index is 0.00761. The molecule has 0 spiro atoms. The van der Waals surface area contributed by atoms with Gasteiger partial charge in [0.2, 0.25) is 5.91 Å². The van der Waals surface area contributed by atoms with E-state index < -0.39 is 0 Å². The summed E-state index contributed by atoms with van der Waals surface area (Å²) in [4.78, 5) is 39.1. The van der Waals surface area contributed by atoms with Crippen molar-refractivity contribution in [3.8, 4) is 27.5 Å². The van der Waals surface area contributed by atoms with Crippen molar-refractivity contribution in [2.45, 2.75) is 26.2 Å². The number of amides is 2. The summed E-state index contributed by atoms with van der Waals surface area (Å²) >= 11 is 1.43. The summed E-state index contributed by atoms with van der Waals surface area (Å²) in [6.45, 7) is 4.74. The maximum Gasteiger partial charge on any atom is 0.253 e. The number of benzene rings is 1. The summed E-state index contributed by atoms with van der Waals surface area (Å²) in [5, 5.41) is 8.42. The number of carbonyl (C=O) groups is 2. The second kappa shape index (κ2) is 10.4. The molecule has 1 aromatic carbocycles. The van der Waals surface area contributed by atoms with Gasteiger partial charge in [-0.2, -0.15) is 5.10 Å². The summed E-state index contributed by atoms with van der Waals surface area (Å²) in [6, 6.07) is 9.35. The Kier molecular flexibility index (Phi) is 6.78. The van der Waals surface area contributed by atoms with E-state index in [0.29, 0.717) is 28.4 Å². The number of thiazole rings is 1. The van der Waals surface area contributed by atoms with E-state index in [-0.39, 0.29) is 11.8 Å². The summed E-state index contributed by atoms with van der Waals surface area (Å²) in [7, 11) is 8.71. The molecule has 196 valence electrons. The van der Waals surface area contributed by atoms with Crippen molar-refractivity contribution in [1.29, 1.82) is 0 Å². The SMILES string of the molecule is [B]c1cc(C(=O)N2CCCN(C)CC2)ccc1-n1nc(-c2cccnc2)c2c1-c1sc(NC(C)=O)nc1CC2. The highest BCUT2D eigenvalue weighted by Crippen LogP contribution is 2.43. The zero-order valence-electron chi connectivity index (χ0n) is 22.0. The Labute approximate surface area is 232 Å². The molecule has 0 bridgehead atoms. The lowest BCUT2D eigenvalue weighted by Gasteiger charge is -2.21. The van der Waals surface area contributed by atoms with Crippen molar-refractivity contribution >= 4 is 41.6 Å². The largest absolute Gasteiger partial charge is 0.337 e. The zero-order chi connectivity index (χ0) is 27.1. The second-order valence-corrected chi connectivity index (χ2v) is 11.0. The average Bonchev–Trinajstić information content (AvgIpc) is 3.43. The molecule has 1 saturated heterocycles. The Bertz CT molecular complexity index is 1570. The minimum Gasteiger partial charge on any atom is -0.337 e. The van der Waals surface area contributed by atoms with Gasteiger partial charge >= 0.3 is 0 Å². The van der Waals surface area contributed by atoms with Gasteiger partial charge in [-0.05, 0) is 57.1 Å². The lowest BCUT2D eigenvalue weighted by Crippen LogP contribution is -2.35. The van der Waals surface area contributed by atoms with Gasteiger partial charge in [-0.15, -0.1) is 0 Å². The molecule has 2 amide bonds. The minimum atomic E-state index is -0.161. The third kappa shape index (κ3) is 4.88. The molecule has 1 aliphatic heterocycles. The molecule has 11 heteroatoms. The first-order chi connectivity index (χ1) is 18.9. The number of aryl methyl sites for hydroxylation is 1. The quantitative estimate of drug-likeness (QED) is 0.403. The number of hydrogen-bond acceptors (Lipinski definition) is 7. The average molecular weight is 537 g/mol.